The van der Waals surface area contributed by atoms with E-state index in [0.29, 0.717) is 6.61 Å². The molecule has 0 bridgehead atoms. The molecule has 94 valence electrons. The minimum atomic E-state index is -0.742. The van der Waals surface area contributed by atoms with Crippen LogP contribution in [-0.2, 0) is 9.53 Å². The van der Waals surface area contributed by atoms with Crippen LogP contribution in [0.15, 0.2) is 0 Å². The molecule has 0 aromatic carbocycles. The van der Waals surface area contributed by atoms with E-state index < -0.39 is 5.97 Å². The molecule has 1 N–H and O–H groups in total. The molecule has 1 unspecified atom stereocenters. The maximum atomic E-state index is 10.7. The third-order valence-corrected chi connectivity index (χ3v) is 2.81. The predicted molar refractivity (Wildman–Crippen MR) is 61.6 cm³/mol. The SMILES string of the molecule is CN(C)CCCN1CCOCC1CC(=O)O. The first-order valence-corrected chi connectivity index (χ1v) is 5.78. The average Bonchev–Trinajstić information content (AvgIpc) is 2.19. The predicted octanol–water partition coefficient (Wildman–Crippen LogP) is 0.114. The summed E-state index contributed by atoms with van der Waals surface area (Å²) in [6, 6.07) is 0.0495. The molecule has 0 aromatic heterocycles. The van der Waals surface area contributed by atoms with Crippen LogP contribution in [0.4, 0.5) is 0 Å². The van der Waals surface area contributed by atoms with Crippen LogP contribution in [0.25, 0.3) is 0 Å². The highest BCUT2D eigenvalue weighted by Gasteiger charge is 2.24. The van der Waals surface area contributed by atoms with Crippen LogP contribution in [0.2, 0.25) is 0 Å². The van der Waals surface area contributed by atoms with Gasteiger partial charge < -0.3 is 14.7 Å². The van der Waals surface area contributed by atoms with Crippen molar-refractivity contribution in [1.29, 1.82) is 0 Å². The second-order valence-electron chi connectivity index (χ2n) is 4.52. The van der Waals surface area contributed by atoms with Crippen molar-refractivity contribution in [1.82, 2.24) is 9.80 Å². The van der Waals surface area contributed by atoms with Crippen molar-refractivity contribution >= 4 is 5.97 Å². The zero-order valence-electron chi connectivity index (χ0n) is 10.2. The molecular formula is C11H22N2O3. The van der Waals surface area contributed by atoms with Crippen molar-refractivity contribution in [2.75, 3.05) is 46.9 Å². The zero-order valence-corrected chi connectivity index (χ0v) is 10.2. The third kappa shape index (κ3) is 4.92. The van der Waals surface area contributed by atoms with Crippen LogP contribution < -0.4 is 0 Å². The van der Waals surface area contributed by atoms with Gasteiger partial charge in [-0.2, -0.15) is 0 Å². The summed E-state index contributed by atoms with van der Waals surface area (Å²) in [6.45, 7) is 4.12. The monoisotopic (exact) mass is 230 g/mol. The van der Waals surface area contributed by atoms with E-state index in [1.54, 1.807) is 0 Å². The molecule has 16 heavy (non-hydrogen) atoms. The second kappa shape index (κ2) is 6.83. The van der Waals surface area contributed by atoms with E-state index in [1.807, 2.05) is 14.1 Å². The van der Waals surface area contributed by atoms with Gasteiger partial charge in [-0.1, -0.05) is 0 Å². The Labute approximate surface area is 97.0 Å². The number of carbonyl (C=O) groups is 1. The molecule has 1 fully saturated rings. The quantitative estimate of drug-likeness (QED) is 0.702. The lowest BCUT2D eigenvalue weighted by Crippen LogP contribution is -2.47. The van der Waals surface area contributed by atoms with Crippen LogP contribution in [0.3, 0.4) is 0 Å². The van der Waals surface area contributed by atoms with Gasteiger partial charge in [0.05, 0.1) is 19.6 Å². The Morgan fingerprint density at radius 1 is 1.56 bits per heavy atom. The zero-order chi connectivity index (χ0) is 12.0. The van der Waals surface area contributed by atoms with Crippen molar-refractivity contribution in [2.45, 2.75) is 18.9 Å². The van der Waals surface area contributed by atoms with Crippen LogP contribution in [0, 0.1) is 0 Å². The molecule has 0 saturated carbocycles. The summed E-state index contributed by atoms with van der Waals surface area (Å²) in [5.74, 6) is -0.742. The fourth-order valence-electron chi connectivity index (χ4n) is 1.96. The molecule has 5 nitrogen and oxygen atoms in total. The number of rotatable bonds is 6. The van der Waals surface area contributed by atoms with Crippen molar-refractivity contribution in [3.8, 4) is 0 Å². The number of carboxylic acids is 1. The van der Waals surface area contributed by atoms with Gasteiger partial charge in [-0.05, 0) is 33.6 Å². The van der Waals surface area contributed by atoms with E-state index in [4.69, 9.17) is 9.84 Å². The molecule has 0 aliphatic carbocycles. The number of hydrogen-bond acceptors (Lipinski definition) is 4. The molecule has 1 heterocycles. The summed E-state index contributed by atoms with van der Waals surface area (Å²) < 4.78 is 5.33. The average molecular weight is 230 g/mol. The summed E-state index contributed by atoms with van der Waals surface area (Å²) in [4.78, 5) is 15.1. The first-order valence-electron chi connectivity index (χ1n) is 5.78. The number of aliphatic carboxylic acids is 1. The molecule has 0 aromatic rings. The molecule has 5 heteroatoms. The van der Waals surface area contributed by atoms with E-state index >= 15 is 0 Å². The number of nitrogens with zero attached hydrogens (tertiary/aromatic N) is 2. The van der Waals surface area contributed by atoms with Gasteiger partial charge in [-0.15, -0.1) is 0 Å². The van der Waals surface area contributed by atoms with E-state index in [-0.39, 0.29) is 12.5 Å². The fourth-order valence-corrected chi connectivity index (χ4v) is 1.96. The Kier molecular flexibility index (Phi) is 5.73. The Bertz CT molecular complexity index is 221. The summed E-state index contributed by atoms with van der Waals surface area (Å²) in [5, 5.41) is 8.81. The molecule has 1 saturated heterocycles. The van der Waals surface area contributed by atoms with Crippen LogP contribution >= 0.6 is 0 Å². The first kappa shape index (κ1) is 13.4. The molecule has 0 spiro atoms. The highest BCUT2D eigenvalue weighted by molar-refractivity contribution is 5.67. The standard InChI is InChI=1S/C11H22N2O3/c1-12(2)4-3-5-13-6-7-16-9-10(13)8-11(14)15/h10H,3-9H2,1-2H3,(H,14,15). The minimum Gasteiger partial charge on any atom is -0.481 e. The molecule has 1 rings (SSSR count). The highest BCUT2D eigenvalue weighted by atomic mass is 16.5. The summed E-state index contributed by atoms with van der Waals surface area (Å²) >= 11 is 0. The maximum absolute atomic E-state index is 10.7. The second-order valence-corrected chi connectivity index (χ2v) is 4.52. The molecule has 1 aliphatic rings. The molecule has 0 amide bonds. The third-order valence-electron chi connectivity index (χ3n) is 2.81. The summed E-state index contributed by atoms with van der Waals surface area (Å²) in [6.07, 6.45) is 1.26. The smallest absolute Gasteiger partial charge is 0.305 e. The van der Waals surface area contributed by atoms with Crippen LogP contribution in [0.1, 0.15) is 12.8 Å². The normalized spacial score (nSPS) is 22.6. The lowest BCUT2D eigenvalue weighted by Gasteiger charge is -2.34. The van der Waals surface area contributed by atoms with Crippen molar-refractivity contribution in [3.63, 3.8) is 0 Å². The summed E-state index contributed by atoms with van der Waals surface area (Å²) in [5.41, 5.74) is 0. The fraction of sp³-hybridized carbons (Fsp3) is 0.909. The summed E-state index contributed by atoms with van der Waals surface area (Å²) in [7, 11) is 4.10. The topological polar surface area (TPSA) is 53.0 Å². The van der Waals surface area contributed by atoms with Gasteiger partial charge in [0.15, 0.2) is 0 Å². The lowest BCUT2D eigenvalue weighted by atomic mass is 10.1. The lowest BCUT2D eigenvalue weighted by molar-refractivity contribution is -0.140. The van der Waals surface area contributed by atoms with E-state index in [9.17, 15) is 4.79 Å². The van der Waals surface area contributed by atoms with E-state index in [2.05, 4.69) is 9.80 Å². The first-order chi connectivity index (χ1) is 7.59. The van der Waals surface area contributed by atoms with Crippen LogP contribution in [0.5, 0.6) is 0 Å². The molecular weight excluding hydrogens is 208 g/mol. The van der Waals surface area contributed by atoms with Gasteiger partial charge in [0.25, 0.3) is 0 Å². The van der Waals surface area contributed by atoms with Crippen LogP contribution in [-0.4, -0.2) is 73.9 Å². The van der Waals surface area contributed by atoms with Gasteiger partial charge in [-0.25, -0.2) is 0 Å². The van der Waals surface area contributed by atoms with Gasteiger partial charge >= 0.3 is 5.97 Å². The van der Waals surface area contributed by atoms with E-state index in [0.717, 1.165) is 32.7 Å². The largest absolute Gasteiger partial charge is 0.481 e. The van der Waals surface area contributed by atoms with Gasteiger partial charge in [0.2, 0.25) is 0 Å². The molecule has 1 atom stereocenters. The maximum Gasteiger partial charge on any atom is 0.305 e. The highest BCUT2D eigenvalue weighted by Crippen LogP contribution is 2.11. The Morgan fingerprint density at radius 2 is 2.31 bits per heavy atom. The minimum absolute atomic E-state index is 0.0495. The van der Waals surface area contributed by atoms with Crippen molar-refractivity contribution in [3.05, 3.63) is 0 Å². The van der Waals surface area contributed by atoms with Gasteiger partial charge in [-0.3, -0.25) is 9.69 Å². The Morgan fingerprint density at radius 3 is 2.94 bits per heavy atom. The van der Waals surface area contributed by atoms with E-state index in [1.165, 1.54) is 0 Å². The van der Waals surface area contributed by atoms with Gasteiger partial charge in [0, 0.05) is 12.6 Å². The van der Waals surface area contributed by atoms with Crippen molar-refractivity contribution < 1.29 is 14.6 Å². The van der Waals surface area contributed by atoms with Crippen molar-refractivity contribution in [2.24, 2.45) is 0 Å². The number of morpholine rings is 1. The Hall–Kier alpha value is -0.650. The Balaban J connectivity index is 2.31. The number of hydrogen-bond donors (Lipinski definition) is 1. The molecule has 1 aliphatic heterocycles. The molecule has 0 radical (unpaired) electrons. The van der Waals surface area contributed by atoms with Gasteiger partial charge in [0.1, 0.15) is 0 Å². The number of carboxylic acid groups (broad SMARTS) is 1. The number of ether oxygens (including phenoxy) is 1.